The van der Waals surface area contributed by atoms with Crippen LogP contribution in [-0.2, 0) is 9.59 Å². The van der Waals surface area contributed by atoms with E-state index in [0.717, 1.165) is 16.5 Å². The first-order chi connectivity index (χ1) is 16.9. The summed E-state index contributed by atoms with van der Waals surface area (Å²) in [6.45, 7) is 1.96. The lowest BCUT2D eigenvalue weighted by Gasteiger charge is -2.11. The van der Waals surface area contributed by atoms with Gasteiger partial charge in [0.05, 0.1) is 23.0 Å². The van der Waals surface area contributed by atoms with E-state index in [4.69, 9.17) is 11.6 Å². The molecule has 3 N–H and O–H groups in total. The number of benzene rings is 3. The second-order valence-corrected chi connectivity index (χ2v) is 7.94. The van der Waals surface area contributed by atoms with Crippen LogP contribution in [0.25, 0.3) is 10.9 Å². The van der Waals surface area contributed by atoms with Crippen LogP contribution in [0.5, 0.6) is 0 Å². The molecule has 0 spiro atoms. The van der Waals surface area contributed by atoms with E-state index < -0.39 is 17.7 Å². The van der Waals surface area contributed by atoms with Crippen LogP contribution in [0.4, 0.5) is 11.4 Å². The van der Waals surface area contributed by atoms with Crippen LogP contribution in [0.1, 0.15) is 21.5 Å². The van der Waals surface area contributed by atoms with Gasteiger partial charge in [0, 0.05) is 16.6 Å². The minimum atomic E-state index is -1.01. The summed E-state index contributed by atoms with van der Waals surface area (Å²) < 4.78 is 0. The summed E-state index contributed by atoms with van der Waals surface area (Å²) in [7, 11) is 0. The van der Waals surface area contributed by atoms with E-state index in [1.165, 1.54) is 12.3 Å². The van der Waals surface area contributed by atoms with Gasteiger partial charge in [-0.05, 0) is 48.9 Å². The van der Waals surface area contributed by atoms with Crippen molar-refractivity contribution >= 4 is 57.8 Å². The maximum atomic E-state index is 12.7. The van der Waals surface area contributed by atoms with E-state index in [2.05, 4.69) is 26.1 Å². The average molecular weight is 486 g/mol. The largest absolute Gasteiger partial charge is 0.329 e. The number of hydrogen-bond acceptors (Lipinski definition) is 5. The number of aryl methyl sites for hydroxylation is 1. The number of para-hydroxylation sites is 2. The Morgan fingerprint density at radius 2 is 1.63 bits per heavy atom. The molecule has 0 fully saturated rings. The van der Waals surface area contributed by atoms with Gasteiger partial charge in [0.25, 0.3) is 5.91 Å². The van der Waals surface area contributed by atoms with Crippen molar-refractivity contribution in [3.05, 3.63) is 101 Å². The number of nitrogens with zero attached hydrogens (tertiary/aromatic N) is 2. The van der Waals surface area contributed by atoms with Crippen LogP contribution in [0.3, 0.4) is 0 Å². The van der Waals surface area contributed by atoms with E-state index in [9.17, 15) is 14.4 Å². The van der Waals surface area contributed by atoms with Gasteiger partial charge in [-0.25, -0.2) is 10.4 Å². The van der Waals surface area contributed by atoms with Gasteiger partial charge in [0.2, 0.25) is 0 Å². The molecule has 3 aromatic carbocycles. The molecule has 0 saturated heterocycles. The highest BCUT2D eigenvalue weighted by Crippen LogP contribution is 2.20. The Morgan fingerprint density at radius 1 is 0.886 bits per heavy atom. The van der Waals surface area contributed by atoms with Gasteiger partial charge in [-0.2, -0.15) is 5.10 Å². The molecule has 35 heavy (non-hydrogen) atoms. The fourth-order valence-corrected chi connectivity index (χ4v) is 3.46. The number of carbonyl (C=O) groups is 3. The molecule has 8 nitrogen and oxygen atoms in total. The van der Waals surface area contributed by atoms with Crippen LogP contribution < -0.4 is 16.1 Å². The number of fused-ring (bicyclic) bond motifs is 1. The summed E-state index contributed by atoms with van der Waals surface area (Å²) in [4.78, 5) is 41.6. The number of carbonyl (C=O) groups excluding carboxylic acids is 3. The molecule has 174 valence electrons. The standard InChI is InChI=1S/C26H20ClN5O3/c1-16-11-12-17-14-18(23(27)30-22(17)13-16)15-28-32-26(35)25(34)31-21-10-6-5-9-20(21)24(33)29-19-7-3-2-4-8-19/h2-15H,1H3,(H,29,33)(H,31,34)(H,32,35)/b28-15+. The molecule has 9 heteroatoms. The van der Waals surface area contributed by atoms with E-state index >= 15 is 0 Å². The van der Waals surface area contributed by atoms with Crippen LogP contribution >= 0.6 is 11.6 Å². The number of hydrogen-bond donors (Lipinski definition) is 3. The van der Waals surface area contributed by atoms with Crippen molar-refractivity contribution in [2.45, 2.75) is 6.92 Å². The molecule has 4 rings (SSSR count). The molecular weight excluding hydrogens is 466 g/mol. The Hall–Kier alpha value is -4.56. The molecule has 0 aliphatic heterocycles. The molecule has 0 radical (unpaired) electrons. The number of halogens is 1. The van der Waals surface area contributed by atoms with Gasteiger partial charge in [0.1, 0.15) is 5.15 Å². The normalized spacial score (nSPS) is 10.8. The quantitative estimate of drug-likeness (QED) is 0.167. The first-order valence-corrected chi connectivity index (χ1v) is 11.0. The zero-order valence-corrected chi connectivity index (χ0v) is 19.3. The smallest absolute Gasteiger partial charge is 0.322 e. The molecule has 0 atom stereocenters. The third-order valence-electron chi connectivity index (χ3n) is 4.98. The highest BCUT2D eigenvalue weighted by molar-refractivity contribution is 6.40. The average Bonchev–Trinajstić information content (AvgIpc) is 2.85. The topological polar surface area (TPSA) is 113 Å². The fraction of sp³-hybridized carbons (Fsp3) is 0.0385. The Kier molecular flexibility index (Phi) is 7.13. The van der Waals surface area contributed by atoms with Gasteiger partial charge < -0.3 is 10.6 Å². The summed E-state index contributed by atoms with van der Waals surface area (Å²) in [5.41, 5.74) is 5.41. The van der Waals surface area contributed by atoms with Crippen molar-refractivity contribution in [3.63, 3.8) is 0 Å². The number of rotatable bonds is 5. The van der Waals surface area contributed by atoms with Crippen molar-refractivity contribution in [1.29, 1.82) is 0 Å². The third-order valence-corrected chi connectivity index (χ3v) is 5.28. The summed E-state index contributed by atoms with van der Waals surface area (Å²) in [5.74, 6) is -2.43. The highest BCUT2D eigenvalue weighted by Gasteiger charge is 2.18. The fourth-order valence-electron chi connectivity index (χ4n) is 3.26. The van der Waals surface area contributed by atoms with Gasteiger partial charge >= 0.3 is 11.8 Å². The lowest BCUT2D eigenvalue weighted by atomic mass is 10.1. The maximum absolute atomic E-state index is 12.7. The van der Waals surface area contributed by atoms with Crippen molar-refractivity contribution in [3.8, 4) is 0 Å². The highest BCUT2D eigenvalue weighted by atomic mass is 35.5. The number of hydrazone groups is 1. The van der Waals surface area contributed by atoms with E-state index in [0.29, 0.717) is 11.3 Å². The number of pyridine rings is 1. The third kappa shape index (κ3) is 5.87. The Bertz CT molecular complexity index is 1450. The van der Waals surface area contributed by atoms with Crippen LogP contribution in [0, 0.1) is 6.92 Å². The molecule has 4 aromatic rings. The van der Waals surface area contributed by atoms with Crippen molar-refractivity contribution in [2.75, 3.05) is 10.6 Å². The second kappa shape index (κ2) is 10.6. The Balaban J connectivity index is 1.41. The molecule has 0 bridgehead atoms. The number of amides is 3. The van der Waals surface area contributed by atoms with Gasteiger partial charge in [0.15, 0.2) is 0 Å². The monoisotopic (exact) mass is 485 g/mol. The van der Waals surface area contributed by atoms with Crippen LogP contribution in [0.15, 0.2) is 84.0 Å². The van der Waals surface area contributed by atoms with Crippen LogP contribution in [-0.4, -0.2) is 28.9 Å². The van der Waals surface area contributed by atoms with Crippen molar-refractivity contribution in [2.24, 2.45) is 5.10 Å². The van der Waals surface area contributed by atoms with E-state index in [1.807, 2.05) is 31.2 Å². The summed E-state index contributed by atoms with van der Waals surface area (Å²) in [5, 5.41) is 10.1. The van der Waals surface area contributed by atoms with Gasteiger partial charge in [-0.15, -0.1) is 0 Å². The summed E-state index contributed by atoms with van der Waals surface area (Å²) in [6, 6.07) is 22.8. The molecule has 0 unspecified atom stereocenters. The van der Waals surface area contributed by atoms with Gasteiger partial charge in [-0.3, -0.25) is 14.4 Å². The zero-order chi connectivity index (χ0) is 24.8. The summed E-state index contributed by atoms with van der Waals surface area (Å²) in [6.07, 6.45) is 1.31. The van der Waals surface area contributed by atoms with Crippen molar-refractivity contribution < 1.29 is 14.4 Å². The predicted octanol–water partition coefficient (Wildman–Crippen LogP) is 4.54. The minimum absolute atomic E-state index is 0.183. The molecule has 3 amide bonds. The van der Waals surface area contributed by atoms with E-state index in [-0.39, 0.29) is 16.4 Å². The lowest BCUT2D eigenvalue weighted by molar-refractivity contribution is -0.136. The number of aromatic nitrogens is 1. The molecule has 0 aliphatic carbocycles. The lowest BCUT2D eigenvalue weighted by Crippen LogP contribution is -2.33. The minimum Gasteiger partial charge on any atom is -0.322 e. The Morgan fingerprint density at radius 3 is 2.43 bits per heavy atom. The van der Waals surface area contributed by atoms with E-state index in [1.54, 1.807) is 48.5 Å². The molecule has 1 aromatic heterocycles. The summed E-state index contributed by atoms with van der Waals surface area (Å²) >= 11 is 6.21. The molecule has 0 aliphatic rings. The van der Waals surface area contributed by atoms with Crippen LogP contribution in [0.2, 0.25) is 5.15 Å². The zero-order valence-electron chi connectivity index (χ0n) is 18.6. The Labute approximate surface area is 206 Å². The van der Waals surface area contributed by atoms with Gasteiger partial charge in [-0.1, -0.05) is 54.1 Å². The first kappa shape index (κ1) is 23.6. The second-order valence-electron chi connectivity index (χ2n) is 7.58. The maximum Gasteiger partial charge on any atom is 0.329 e. The molecule has 0 saturated carbocycles. The molecule has 1 heterocycles. The molecular formula is C26H20ClN5O3. The first-order valence-electron chi connectivity index (χ1n) is 10.6. The number of anilines is 2. The SMILES string of the molecule is Cc1ccc2cc(/C=N/NC(=O)C(=O)Nc3ccccc3C(=O)Nc3ccccc3)c(Cl)nc2c1. The predicted molar refractivity (Wildman–Crippen MR) is 137 cm³/mol. The van der Waals surface area contributed by atoms with Crippen molar-refractivity contribution in [1.82, 2.24) is 10.4 Å². The number of nitrogens with one attached hydrogen (secondary N) is 3.